The first-order valence-corrected chi connectivity index (χ1v) is 10.4. The monoisotopic (exact) mass is 458 g/mol. The highest BCUT2D eigenvalue weighted by atomic mass is 19.1. The molecule has 2 aromatic carbocycles. The lowest BCUT2D eigenvalue weighted by Gasteiger charge is -2.28. The van der Waals surface area contributed by atoms with E-state index in [1.165, 1.54) is 21.8 Å². The van der Waals surface area contributed by atoms with E-state index in [1.807, 2.05) is 6.07 Å². The fourth-order valence-corrected chi connectivity index (χ4v) is 4.12. The van der Waals surface area contributed by atoms with Crippen molar-refractivity contribution in [3.05, 3.63) is 65.2 Å². The minimum absolute atomic E-state index is 0.101. The van der Waals surface area contributed by atoms with Gasteiger partial charge in [-0.05, 0) is 36.4 Å². The van der Waals surface area contributed by atoms with Crippen LogP contribution in [0.3, 0.4) is 0 Å². The van der Waals surface area contributed by atoms with E-state index < -0.39 is 11.7 Å². The highest BCUT2D eigenvalue weighted by molar-refractivity contribution is 6.01. The largest absolute Gasteiger partial charge is 0.365 e. The molecule has 0 saturated heterocycles. The molecule has 1 aliphatic heterocycles. The summed E-state index contributed by atoms with van der Waals surface area (Å²) < 4.78 is 17.9. The van der Waals surface area contributed by atoms with Crippen LogP contribution < -0.4 is 11.1 Å². The summed E-state index contributed by atoms with van der Waals surface area (Å²) in [5, 5.41) is 20.7. The smallest absolute Gasteiger partial charge is 0.322 e. The van der Waals surface area contributed by atoms with Gasteiger partial charge in [-0.15, -0.1) is 0 Å². The molecule has 5 rings (SSSR count). The Morgan fingerprint density at radius 3 is 2.68 bits per heavy atom. The number of anilines is 1. The summed E-state index contributed by atoms with van der Waals surface area (Å²) in [4.78, 5) is 26.8. The fraction of sp³-hybridized carbons (Fsp3) is 0.174. The minimum Gasteiger partial charge on any atom is -0.365 e. The Labute approximate surface area is 193 Å². The Hall–Kier alpha value is -4.72. The Balaban J connectivity index is 1.47. The molecule has 170 valence electrons. The van der Waals surface area contributed by atoms with Gasteiger partial charge in [-0.2, -0.15) is 15.5 Å². The summed E-state index contributed by atoms with van der Waals surface area (Å²) >= 11 is 0. The molecule has 0 bridgehead atoms. The molecule has 0 spiro atoms. The predicted octanol–water partition coefficient (Wildman–Crippen LogP) is 2.59. The van der Waals surface area contributed by atoms with E-state index in [0.717, 1.165) is 0 Å². The van der Waals surface area contributed by atoms with Crippen LogP contribution in [0.2, 0.25) is 0 Å². The van der Waals surface area contributed by atoms with Crippen molar-refractivity contribution in [3.63, 3.8) is 0 Å². The summed E-state index contributed by atoms with van der Waals surface area (Å²) in [6, 6.07) is 11.2. The third-order valence-electron chi connectivity index (χ3n) is 5.87. The lowest BCUT2D eigenvalue weighted by Crippen LogP contribution is -2.41. The highest BCUT2D eigenvalue weighted by Gasteiger charge is 2.30. The Morgan fingerprint density at radius 2 is 1.97 bits per heavy atom. The van der Waals surface area contributed by atoms with Crippen LogP contribution in [0.15, 0.2) is 42.6 Å². The summed E-state index contributed by atoms with van der Waals surface area (Å²) in [6.07, 6.45) is 1.44. The van der Waals surface area contributed by atoms with Crippen LogP contribution in [0.5, 0.6) is 0 Å². The van der Waals surface area contributed by atoms with Gasteiger partial charge in [0, 0.05) is 24.8 Å². The lowest BCUT2D eigenvalue weighted by atomic mass is 10.0. The quantitative estimate of drug-likeness (QED) is 0.487. The first kappa shape index (κ1) is 21.1. The van der Waals surface area contributed by atoms with Gasteiger partial charge in [0.25, 0.3) is 5.91 Å². The number of amides is 3. The molecule has 0 radical (unpaired) electrons. The van der Waals surface area contributed by atoms with Gasteiger partial charge in [0.2, 0.25) is 0 Å². The number of fused-ring (bicyclic) bond motifs is 2. The van der Waals surface area contributed by atoms with Gasteiger partial charge in [-0.25, -0.2) is 9.18 Å². The molecule has 4 aromatic rings. The molecule has 0 unspecified atom stereocenters. The lowest BCUT2D eigenvalue weighted by molar-refractivity contribution is 0.0997. The number of aromatic nitrogens is 4. The van der Waals surface area contributed by atoms with E-state index in [9.17, 15) is 14.0 Å². The zero-order valence-electron chi connectivity index (χ0n) is 18.1. The molecular weight excluding hydrogens is 439 g/mol. The molecule has 34 heavy (non-hydrogen) atoms. The third kappa shape index (κ3) is 3.51. The van der Waals surface area contributed by atoms with Gasteiger partial charge in [0.05, 0.1) is 53.1 Å². The van der Waals surface area contributed by atoms with Crippen LogP contribution in [0.25, 0.3) is 22.2 Å². The number of benzene rings is 2. The van der Waals surface area contributed by atoms with Gasteiger partial charge in [-0.3, -0.25) is 14.2 Å². The number of carbonyl (C=O) groups excluding carboxylic acids is 2. The van der Waals surface area contributed by atoms with E-state index in [1.54, 1.807) is 42.1 Å². The number of carbonyl (C=O) groups is 2. The average molecular weight is 458 g/mol. The number of urea groups is 1. The standard InChI is InChI=1S/C23H19FN8O2/c1-30-18-9-14(8-17(24)16(18)11-27-30)21-20(22(26)33)19-12-31(6-7-32(19)29-21)23(34)28-15-4-2-13(10-25)3-5-15/h2-5,8-9,11H,6-7,12H2,1H3,(H2,26,33)(H,28,34). The van der Waals surface area contributed by atoms with Crippen molar-refractivity contribution in [1.29, 1.82) is 5.26 Å². The summed E-state index contributed by atoms with van der Waals surface area (Å²) in [6.45, 7) is 0.792. The number of primary amides is 1. The van der Waals surface area contributed by atoms with Crippen LogP contribution in [-0.4, -0.2) is 42.9 Å². The number of hydrogen-bond donors (Lipinski definition) is 2. The third-order valence-corrected chi connectivity index (χ3v) is 5.87. The van der Waals surface area contributed by atoms with E-state index in [2.05, 4.69) is 15.5 Å². The van der Waals surface area contributed by atoms with E-state index in [4.69, 9.17) is 11.0 Å². The number of rotatable bonds is 3. The van der Waals surface area contributed by atoms with Gasteiger partial charge in [0.15, 0.2) is 0 Å². The number of hydrogen-bond acceptors (Lipinski definition) is 5. The molecule has 0 atom stereocenters. The maximum absolute atomic E-state index is 14.7. The molecule has 3 amide bonds. The molecule has 2 aromatic heterocycles. The second-order valence-electron chi connectivity index (χ2n) is 7.96. The van der Waals surface area contributed by atoms with E-state index in [0.29, 0.717) is 46.5 Å². The number of aryl methyl sites for hydroxylation is 1. The van der Waals surface area contributed by atoms with Crippen molar-refractivity contribution >= 4 is 28.5 Å². The topological polar surface area (TPSA) is 135 Å². The number of halogens is 1. The zero-order chi connectivity index (χ0) is 24.0. The Bertz CT molecular complexity index is 1500. The molecule has 0 fully saturated rings. The van der Waals surface area contributed by atoms with Crippen molar-refractivity contribution in [1.82, 2.24) is 24.5 Å². The SMILES string of the molecule is Cn1ncc2c(F)cc(-c3nn4c(c3C(N)=O)CN(C(=O)Nc3ccc(C#N)cc3)CC4)cc21. The van der Waals surface area contributed by atoms with Gasteiger partial charge >= 0.3 is 6.03 Å². The first-order valence-electron chi connectivity index (χ1n) is 10.4. The van der Waals surface area contributed by atoms with E-state index >= 15 is 0 Å². The molecule has 0 saturated carbocycles. The fourth-order valence-electron chi connectivity index (χ4n) is 4.12. The molecular formula is C23H19FN8O2. The molecule has 11 heteroatoms. The summed E-state index contributed by atoms with van der Waals surface area (Å²) in [5.41, 5.74) is 8.58. The van der Waals surface area contributed by atoms with Crippen LogP contribution in [0, 0.1) is 17.1 Å². The molecule has 1 aliphatic rings. The van der Waals surface area contributed by atoms with Gasteiger partial charge < -0.3 is 16.0 Å². The zero-order valence-corrected chi connectivity index (χ0v) is 18.1. The van der Waals surface area contributed by atoms with Gasteiger partial charge in [-0.1, -0.05) is 0 Å². The van der Waals surface area contributed by atoms with Crippen LogP contribution in [-0.2, 0) is 20.1 Å². The number of nitrogens with one attached hydrogen (secondary N) is 1. The van der Waals surface area contributed by atoms with Crippen molar-refractivity contribution < 1.29 is 14.0 Å². The second kappa shape index (κ2) is 8.00. The van der Waals surface area contributed by atoms with Gasteiger partial charge in [0.1, 0.15) is 11.5 Å². The van der Waals surface area contributed by atoms with Crippen LogP contribution in [0.4, 0.5) is 14.9 Å². The molecule has 3 N–H and O–H groups in total. The Kier molecular flexibility index (Phi) is 4.98. The van der Waals surface area contributed by atoms with Crippen molar-refractivity contribution in [2.75, 3.05) is 11.9 Å². The highest BCUT2D eigenvalue weighted by Crippen LogP contribution is 2.31. The normalized spacial score (nSPS) is 12.9. The van der Waals surface area contributed by atoms with Crippen molar-refractivity contribution in [3.8, 4) is 17.3 Å². The number of nitrogens with zero attached hydrogens (tertiary/aromatic N) is 6. The number of nitriles is 1. The first-order chi connectivity index (χ1) is 16.4. The summed E-state index contributed by atoms with van der Waals surface area (Å²) in [7, 11) is 1.70. The summed E-state index contributed by atoms with van der Waals surface area (Å²) in [5.74, 6) is -1.19. The second-order valence-corrected chi connectivity index (χ2v) is 7.96. The predicted molar refractivity (Wildman–Crippen MR) is 121 cm³/mol. The van der Waals surface area contributed by atoms with Crippen molar-refractivity contribution in [2.45, 2.75) is 13.1 Å². The van der Waals surface area contributed by atoms with Crippen LogP contribution in [0.1, 0.15) is 21.6 Å². The maximum atomic E-state index is 14.7. The molecule has 3 heterocycles. The number of nitrogens with two attached hydrogens (primary N) is 1. The average Bonchev–Trinajstić information content (AvgIpc) is 3.40. The van der Waals surface area contributed by atoms with Crippen LogP contribution >= 0.6 is 0 Å². The maximum Gasteiger partial charge on any atom is 0.322 e. The molecule has 10 nitrogen and oxygen atoms in total. The Morgan fingerprint density at radius 1 is 1.21 bits per heavy atom. The molecule has 0 aliphatic carbocycles. The van der Waals surface area contributed by atoms with Crippen molar-refractivity contribution in [2.24, 2.45) is 12.8 Å². The van der Waals surface area contributed by atoms with E-state index in [-0.39, 0.29) is 23.8 Å². The minimum atomic E-state index is -0.712.